The third-order valence-corrected chi connectivity index (χ3v) is 4.87. The number of aromatic nitrogens is 4. The lowest BCUT2D eigenvalue weighted by Crippen LogP contribution is -2.47. The van der Waals surface area contributed by atoms with Gasteiger partial charge in [0, 0.05) is 56.6 Å². The molecule has 1 aliphatic heterocycles. The minimum atomic E-state index is 0.692. The molecule has 0 unspecified atom stereocenters. The molecule has 1 aliphatic rings. The van der Waals surface area contributed by atoms with E-state index >= 15 is 0 Å². The Hall–Kier alpha value is -2.74. The number of rotatable bonds is 5. The first-order valence-electron chi connectivity index (χ1n) is 8.27. The van der Waals surface area contributed by atoms with Gasteiger partial charge in [-0.15, -0.1) is 0 Å². The van der Waals surface area contributed by atoms with Crippen molar-refractivity contribution in [2.45, 2.75) is 6.54 Å². The molecule has 0 amide bonds. The Morgan fingerprint density at radius 3 is 2.40 bits per heavy atom. The summed E-state index contributed by atoms with van der Waals surface area (Å²) >= 11 is 1.44. The van der Waals surface area contributed by atoms with Crippen molar-refractivity contribution < 1.29 is 0 Å². The molecule has 3 heterocycles. The first-order chi connectivity index (χ1) is 12.4. The van der Waals surface area contributed by atoms with Crippen LogP contribution in [0.1, 0.15) is 5.56 Å². The fourth-order valence-electron chi connectivity index (χ4n) is 2.74. The molecular formula is C17H19N7S. The molecule has 0 saturated carbocycles. The molecule has 1 aromatic carbocycles. The van der Waals surface area contributed by atoms with E-state index in [0.717, 1.165) is 43.8 Å². The zero-order valence-corrected chi connectivity index (χ0v) is 14.6. The van der Waals surface area contributed by atoms with E-state index in [1.54, 1.807) is 12.4 Å². The number of hydrogen-bond donors (Lipinski definition) is 1. The highest BCUT2D eigenvalue weighted by molar-refractivity contribution is 7.09. The Morgan fingerprint density at radius 1 is 0.920 bits per heavy atom. The highest BCUT2D eigenvalue weighted by atomic mass is 32.1. The average molecular weight is 353 g/mol. The molecule has 1 N–H and O–H groups in total. The fraction of sp³-hybridized carbons (Fsp3) is 0.294. The van der Waals surface area contributed by atoms with Crippen molar-refractivity contribution in [1.29, 1.82) is 0 Å². The third kappa shape index (κ3) is 3.85. The monoisotopic (exact) mass is 353 g/mol. The largest absolute Gasteiger partial charge is 0.349 e. The molecule has 2 aromatic heterocycles. The van der Waals surface area contributed by atoms with Crippen molar-refractivity contribution in [2.24, 2.45) is 0 Å². The van der Waals surface area contributed by atoms with Crippen LogP contribution in [-0.2, 0) is 6.54 Å². The van der Waals surface area contributed by atoms with E-state index in [0.29, 0.717) is 5.95 Å². The standard InChI is InChI=1S/C17H19N7S/c1-2-5-14(6-3-1)13-20-15-21-17(25-22-15)24-11-9-23(10-12-24)16-18-7-4-8-19-16/h1-8H,9-13H2,(H,20,22). The molecule has 3 aromatic rings. The SMILES string of the molecule is c1ccc(CNc2nsc(N3CCN(c4ncccn4)CC3)n2)cc1. The van der Waals surface area contributed by atoms with Crippen LogP contribution >= 0.6 is 11.5 Å². The Balaban J connectivity index is 1.32. The lowest BCUT2D eigenvalue weighted by molar-refractivity contribution is 0.639. The lowest BCUT2D eigenvalue weighted by atomic mass is 10.2. The highest BCUT2D eigenvalue weighted by Gasteiger charge is 2.21. The van der Waals surface area contributed by atoms with Gasteiger partial charge in [-0.05, 0) is 11.6 Å². The van der Waals surface area contributed by atoms with Crippen molar-refractivity contribution in [2.75, 3.05) is 41.3 Å². The molecule has 4 rings (SSSR count). The summed E-state index contributed by atoms with van der Waals surface area (Å²) in [6, 6.07) is 12.1. The number of piperazine rings is 1. The van der Waals surface area contributed by atoms with Gasteiger partial charge in [-0.1, -0.05) is 30.3 Å². The topological polar surface area (TPSA) is 70.1 Å². The van der Waals surface area contributed by atoms with Crippen LogP contribution < -0.4 is 15.1 Å². The Bertz CT molecular complexity index is 785. The number of nitrogens with one attached hydrogen (secondary N) is 1. The van der Waals surface area contributed by atoms with Gasteiger partial charge in [0.05, 0.1) is 0 Å². The molecule has 1 fully saturated rings. The van der Waals surface area contributed by atoms with E-state index in [9.17, 15) is 0 Å². The van der Waals surface area contributed by atoms with Crippen LogP contribution in [0.4, 0.5) is 17.0 Å². The fourth-order valence-corrected chi connectivity index (χ4v) is 3.44. The molecule has 1 saturated heterocycles. The van der Waals surface area contributed by atoms with Gasteiger partial charge >= 0.3 is 0 Å². The van der Waals surface area contributed by atoms with Gasteiger partial charge in [-0.3, -0.25) is 0 Å². The van der Waals surface area contributed by atoms with E-state index in [1.807, 2.05) is 24.3 Å². The summed E-state index contributed by atoms with van der Waals surface area (Å²) in [7, 11) is 0. The van der Waals surface area contributed by atoms with Crippen LogP contribution in [-0.4, -0.2) is 45.5 Å². The first kappa shape index (κ1) is 15.8. The van der Waals surface area contributed by atoms with Crippen molar-refractivity contribution in [3.05, 3.63) is 54.4 Å². The zero-order valence-electron chi connectivity index (χ0n) is 13.7. The van der Waals surface area contributed by atoms with Crippen LogP contribution in [0.5, 0.6) is 0 Å². The quantitative estimate of drug-likeness (QED) is 0.754. The van der Waals surface area contributed by atoms with E-state index in [-0.39, 0.29) is 0 Å². The third-order valence-electron chi connectivity index (χ3n) is 4.09. The van der Waals surface area contributed by atoms with E-state index < -0.39 is 0 Å². The van der Waals surface area contributed by atoms with Crippen LogP contribution in [0.3, 0.4) is 0 Å². The summed E-state index contributed by atoms with van der Waals surface area (Å²) in [4.78, 5) is 17.7. The maximum atomic E-state index is 4.62. The predicted octanol–water partition coefficient (Wildman–Crippen LogP) is 2.27. The maximum Gasteiger partial charge on any atom is 0.236 e. The molecule has 0 atom stereocenters. The second kappa shape index (κ2) is 7.43. The van der Waals surface area contributed by atoms with Crippen LogP contribution in [0.25, 0.3) is 0 Å². The van der Waals surface area contributed by atoms with Gasteiger partial charge < -0.3 is 15.1 Å². The molecular weight excluding hydrogens is 334 g/mol. The molecule has 0 radical (unpaired) electrons. The van der Waals surface area contributed by atoms with Crippen molar-refractivity contribution in [3.63, 3.8) is 0 Å². The minimum Gasteiger partial charge on any atom is -0.349 e. The minimum absolute atomic E-state index is 0.692. The van der Waals surface area contributed by atoms with Gasteiger partial charge in [0.15, 0.2) is 0 Å². The normalized spacial score (nSPS) is 14.6. The maximum absolute atomic E-state index is 4.62. The van der Waals surface area contributed by atoms with Crippen LogP contribution in [0, 0.1) is 0 Å². The van der Waals surface area contributed by atoms with Gasteiger partial charge in [0.2, 0.25) is 17.0 Å². The smallest absolute Gasteiger partial charge is 0.236 e. The van der Waals surface area contributed by atoms with Crippen LogP contribution in [0.2, 0.25) is 0 Å². The number of anilines is 3. The number of hydrogen-bond acceptors (Lipinski definition) is 8. The molecule has 25 heavy (non-hydrogen) atoms. The Kier molecular flexibility index (Phi) is 4.69. The van der Waals surface area contributed by atoms with Crippen molar-refractivity contribution >= 4 is 28.6 Å². The summed E-state index contributed by atoms with van der Waals surface area (Å²) in [5.74, 6) is 1.49. The Morgan fingerprint density at radius 2 is 1.64 bits per heavy atom. The van der Waals surface area contributed by atoms with E-state index in [4.69, 9.17) is 0 Å². The van der Waals surface area contributed by atoms with Crippen molar-refractivity contribution in [3.8, 4) is 0 Å². The molecule has 0 aliphatic carbocycles. The highest BCUT2D eigenvalue weighted by Crippen LogP contribution is 2.22. The number of nitrogens with zero attached hydrogens (tertiary/aromatic N) is 6. The van der Waals surface area contributed by atoms with E-state index in [2.05, 4.69) is 46.6 Å². The van der Waals surface area contributed by atoms with Crippen molar-refractivity contribution in [1.82, 2.24) is 19.3 Å². The summed E-state index contributed by atoms with van der Waals surface area (Å²) in [6.07, 6.45) is 3.56. The van der Waals surface area contributed by atoms with Gasteiger partial charge in [0.1, 0.15) is 0 Å². The van der Waals surface area contributed by atoms with Gasteiger partial charge in [-0.2, -0.15) is 9.36 Å². The second-order valence-corrected chi connectivity index (χ2v) is 6.49. The zero-order chi connectivity index (χ0) is 16.9. The molecule has 0 bridgehead atoms. The molecule has 8 heteroatoms. The second-order valence-electron chi connectivity index (χ2n) is 5.76. The summed E-state index contributed by atoms with van der Waals surface area (Å²) in [6.45, 7) is 4.29. The van der Waals surface area contributed by atoms with Gasteiger partial charge in [0.25, 0.3) is 0 Å². The average Bonchev–Trinajstić information content (AvgIpc) is 3.17. The summed E-state index contributed by atoms with van der Waals surface area (Å²) in [5, 5.41) is 4.25. The Labute approximate surface area is 150 Å². The number of benzene rings is 1. The molecule has 7 nitrogen and oxygen atoms in total. The van der Waals surface area contributed by atoms with E-state index in [1.165, 1.54) is 17.1 Å². The first-order valence-corrected chi connectivity index (χ1v) is 9.04. The van der Waals surface area contributed by atoms with Crippen LogP contribution in [0.15, 0.2) is 48.8 Å². The molecule has 0 spiro atoms. The summed E-state index contributed by atoms with van der Waals surface area (Å²) < 4.78 is 4.42. The predicted molar refractivity (Wildman–Crippen MR) is 100 cm³/mol. The molecule has 128 valence electrons. The lowest BCUT2D eigenvalue weighted by Gasteiger charge is -2.34. The summed E-state index contributed by atoms with van der Waals surface area (Å²) in [5.41, 5.74) is 1.22. The van der Waals surface area contributed by atoms with Gasteiger partial charge in [-0.25, -0.2) is 9.97 Å².